The minimum atomic E-state index is -0.386. The summed E-state index contributed by atoms with van der Waals surface area (Å²) in [6.07, 6.45) is 2.96. The summed E-state index contributed by atoms with van der Waals surface area (Å²) in [6.45, 7) is 0. The molecule has 2 rings (SSSR count). The van der Waals surface area contributed by atoms with Crippen LogP contribution in [-0.2, 0) is 4.79 Å². The summed E-state index contributed by atoms with van der Waals surface area (Å²) in [5.41, 5.74) is 1.86. The fraction of sp³-hybridized carbons (Fsp3) is 0.105. The maximum absolute atomic E-state index is 12.0. The zero-order valence-corrected chi connectivity index (χ0v) is 15.9. The van der Waals surface area contributed by atoms with E-state index in [1.807, 2.05) is 12.1 Å². The third-order valence-corrected chi connectivity index (χ3v) is 3.88. The molecule has 0 bridgehead atoms. The van der Waals surface area contributed by atoms with Gasteiger partial charge in [0, 0.05) is 36.4 Å². The Balaban J connectivity index is 1.96. The Bertz CT molecular complexity index is 865. The van der Waals surface area contributed by atoms with Crippen LogP contribution in [0.3, 0.4) is 0 Å². The van der Waals surface area contributed by atoms with Crippen LogP contribution in [0.25, 0.3) is 6.08 Å². The number of hydrogen-bond donors (Lipinski definition) is 2. The Kier molecular flexibility index (Phi) is 6.89. The second-order valence-electron chi connectivity index (χ2n) is 5.58. The summed E-state index contributed by atoms with van der Waals surface area (Å²) in [6, 6.07) is 14.1. The molecule has 2 aromatic rings. The van der Waals surface area contributed by atoms with Crippen LogP contribution in [0.4, 0.5) is 5.69 Å². The predicted molar refractivity (Wildman–Crippen MR) is 109 cm³/mol. The highest BCUT2D eigenvalue weighted by atomic mass is 35.5. The number of carbonyl (C=O) groups excluding carboxylic acids is 2. The molecule has 0 aliphatic carbocycles. The summed E-state index contributed by atoms with van der Waals surface area (Å²) in [7, 11) is 3.36. The van der Waals surface area contributed by atoms with Gasteiger partial charge in [0.25, 0.3) is 5.91 Å². The molecule has 0 aliphatic rings. The van der Waals surface area contributed by atoms with Crippen molar-refractivity contribution in [2.75, 3.05) is 19.4 Å². The molecule has 0 atom stereocenters. The number of anilines is 1. The number of amides is 2. The fourth-order valence-electron chi connectivity index (χ4n) is 2.08. The van der Waals surface area contributed by atoms with Crippen molar-refractivity contribution >= 4 is 52.5 Å². The van der Waals surface area contributed by atoms with Gasteiger partial charge in [0.15, 0.2) is 5.11 Å². The second kappa shape index (κ2) is 9.12. The number of nitrogens with one attached hydrogen (secondary N) is 2. The largest absolute Gasteiger partial charge is 0.345 e. The fourth-order valence-corrected chi connectivity index (χ4v) is 2.50. The number of nitrogens with zero attached hydrogens (tertiary/aromatic N) is 1. The topological polar surface area (TPSA) is 61.4 Å². The normalized spacial score (nSPS) is 10.4. The number of rotatable bonds is 4. The van der Waals surface area contributed by atoms with Crippen LogP contribution in [0.1, 0.15) is 15.9 Å². The molecular weight excluding hydrogens is 370 g/mol. The highest BCUT2D eigenvalue weighted by Gasteiger charge is 2.09. The average molecular weight is 388 g/mol. The number of halogens is 1. The van der Waals surface area contributed by atoms with Gasteiger partial charge in [-0.3, -0.25) is 14.9 Å². The van der Waals surface area contributed by atoms with Gasteiger partial charge in [-0.1, -0.05) is 35.9 Å². The van der Waals surface area contributed by atoms with Gasteiger partial charge in [-0.15, -0.1) is 0 Å². The van der Waals surface area contributed by atoms with Crippen molar-refractivity contribution in [3.8, 4) is 0 Å². The molecule has 0 aromatic heterocycles. The standard InChI is InChI=1S/C19H18ClN3O2S/c1-23(2)18(25)14-7-5-8-15(12-14)21-19(26)22-17(24)11-10-13-6-3-4-9-16(13)20/h3-12H,1-2H3,(H2,21,22,24,26)/b11-10+. The van der Waals surface area contributed by atoms with Gasteiger partial charge in [0.1, 0.15) is 0 Å². The van der Waals surface area contributed by atoms with Gasteiger partial charge < -0.3 is 10.2 Å². The zero-order valence-electron chi connectivity index (χ0n) is 14.3. The maximum atomic E-state index is 12.0. The molecule has 7 heteroatoms. The number of benzene rings is 2. The monoisotopic (exact) mass is 387 g/mol. The Hall–Kier alpha value is -2.70. The highest BCUT2D eigenvalue weighted by Crippen LogP contribution is 2.16. The third kappa shape index (κ3) is 5.68. The first kappa shape index (κ1) is 19.6. The Labute approximate surface area is 162 Å². The molecule has 0 radical (unpaired) electrons. The Morgan fingerprint density at radius 1 is 1.12 bits per heavy atom. The van der Waals surface area contributed by atoms with Crippen molar-refractivity contribution in [3.05, 3.63) is 70.8 Å². The summed E-state index contributed by atoms with van der Waals surface area (Å²) >= 11 is 11.2. The van der Waals surface area contributed by atoms with E-state index in [1.165, 1.54) is 11.0 Å². The summed E-state index contributed by atoms with van der Waals surface area (Å²) in [5, 5.41) is 6.12. The van der Waals surface area contributed by atoms with Crippen molar-refractivity contribution in [2.24, 2.45) is 0 Å². The molecule has 0 fully saturated rings. The van der Waals surface area contributed by atoms with Gasteiger partial charge in [-0.2, -0.15) is 0 Å². The van der Waals surface area contributed by atoms with Crippen molar-refractivity contribution < 1.29 is 9.59 Å². The molecule has 0 aliphatic heterocycles. The molecule has 2 N–H and O–H groups in total. The molecule has 5 nitrogen and oxygen atoms in total. The summed E-state index contributed by atoms with van der Waals surface area (Å²) in [5.74, 6) is -0.505. The molecule has 0 heterocycles. The molecule has 0 unspecified atom stereocenters. The Morgan fingerprint density at radius 2 is 1.85 bits per heavy atom. The van der Waals surface area contributed by atoms with Gasteiger partial charge in [-0.05, 0) is 48.1 Å². The zero-order chi connectivity index (χ0) is 19.1. The van der Waals surface area contributed by atoms with E-state index in [1.54, 1.807) is 56.6 Å². The molecule has 134 valence electrons. The number of thiocarbonyl (C=S) groups is 1. The van der Waals surface area contributed by atoms with E-state index in [2.05, 4.69) is 10.6 Å². The highest BCUT2D eigenvalue weighted by molar-refractivity contribution is 7.80. The van der Waals surface area contributed by atoms with E-state index < -0.39 is 0 Å². The van der Waals surface area contributed by atoms with E-state index in [0.717, 1.165) is 5.56 Å². The van der Waals surface area contributed by atoms with E-state index >= 15 is 0 Å². The lowest BCUT2D eigenvalue weighted by Gasteiger charge is -2.12. The van der Waals surface area contributed by atoms with Crippen LogP contribution in [-0.4, -0.2) is 35.9 Å². The second-order valence-corrected chi connectivity index (χ2v) is 6.39. The smallest absolute Gasteiger partial charge is 0.253 e. The summed E-state index contributed by atoms with van der Waals surface area (Å²) < 4.78 is 0. The minimum Gasteiger partial charge on any atom is -0.345 e. The van der Waals surface area contributed by atoms with E-state index in [4.69, 9.17) is 23.8 Å². The van der Waals surface area contributed by atoms with Crippen LogP contribution in [0.2, 0.25) is 5.02 Å². The molecule has 0 spiro atoms. The van der Waals surface area contributed by atoms with E-state index in [0.29, 0.717) is 16.3 Å². The lowest BCUT2D eigenvalue weighted by Crippen LogP contribution is -2.32. The van der Waals surface area contributed by atoms with Crippen LogP contribution in [0, 0.1) is 0 Å². The SMILES string of the molecule is CN(C)C(=O)c1cccc(NC(=S)NC(=O)/C=C/c2ccccc2Cl)c1. The van der Waals surface area contributed by atoms with Gasteiger partial charge in [0.05, 0.1) is 0 Å². The number of hydrogen-bond acceptors (Lipinski definition) is 3. The van der Waals surface area contributed by atoms with E-state index in [9.17, 15) is 9.59 Å². The minimum absolute atomic E-state index is 0.119. The third-order valence-electron chi connectivity index (χ3n) is 3.33. The molecular formula is C19H18ClN3O2S. The van der Waals surface area contributed by atoms with Crippen LogP contribution in [0.15, 0.2) is 54.6 Å². The van der Waals surface area contributed by atoms with Crippen molar-refractivity contribution in [1.82, 2.24) is 10.2 Å². The van der Waals surface area contributed by atoms with Crippen molar-refractivity contribution in [1.29, 1.82) is 0 Å². The van der Waals surface area contributed by atoms with Crippen molar-refractivity contribution in [2.45, 2.75) is 0 Å². The van der Waals surface area contributed by atoms with Gasteiger partial charge in [0.2, 0.25) is 5.91 Å². The molecule has 2 aromatic carbocycles. The summed E-state index contributed by atoms with van der Waals surface area (Å²) in [4.78, 5) is 25.4. The van der Waals surface area contributed by atoms with Crippen LogP contribution in [0.5, 0.6) is 0 Å². The first-order valence-corrected chi connectivity index (χ1v) is 8.52. The van der Waals surface area contributed by atoms with Crippen molar-refractivity contribution in [3.63, 3.8) is 0 Å². The van der Waals surface area contributed by atoms with Crippen LogP contribution < -0.4 is 10.6 Å². The van der Waals surface area contributed by atoms with Gasteiger partial charge >= 0.3 is 0 Å². The molecule has 0 saturated heterocycles. The lowest BCUT2D eigenvalue weighted by molar-refractivity contribution is -0.115. The van der Waals surface area contributed by atoms with Gasteiger partial charge in [-0.25, -0.2) is 0 Å². The maximum Gasteiger partial charge on any atom is 0.253 e. The number of carbonyl (C=O) groups is 2. The molecule has 26 heavy (non-hydrogen) atoms. The predicted octanol–water partition coefficient (Wildman–Crippen LogP) is 3.57. The average Bonchev–Trinajstić information content (AvgIpc) is 2.60. The first-order valence-electron chi connectivity index (χ1n) is 7.73. The Morgan fingerprint density at radius 3 is 2.54 bits per heavy atom. The molecule has 2 amide bonds. The molecule has 0 saturated carbocycles. The quantitative estimate of drug-likeness (QED) is 0.622. The first-order chi connectivity index (χ1) is 12.4. The lowest BCUT2D eigenvalue weighted by atomic mass is 10.2. The van der Waals surface area contributed by atoms with Crippen LogP contribution >= 0.6 is 23.8 Å². The van der Waals surface area contributed by atoms with E-state index in [-0.39, 0.29) is 16.9 Å².